The van der Waals surface area contributed by atoms with Crippen LogP contribution in [0, 0.1) is 0 Å². The molecule has 3 heteroatoms. The highest BCUT2D eigenvalue weighted by atomic mass is 79.9. The van der Waals surface area contributed by atoms with Gasteiger partial charge in [-0.05, 0) is 18.1 Å². The molecule has 1 atom stereocenters. The van der Waals surface area contributed by atoms with E-state index in [0.29, 0.717) is 5.33 Å². The SMILES string of the molecule is C[C@H](C(=O)O)c1ccccc1CBr. The molecule has 0 amide bonds. The number of carboxylic acid groups (broad SMARTS) is 1. The number of hydrogen-bond donors (Lipinski definition) is 1. The summed E-state index contributed by atoms with van der Waals surface area (Å²) in [6.07, 6.45) is 0. The van der Waals surface area contributed by atoms with E-state index >= 15 is 0 Å². The van der Waals surface area contributed by atoms with Gasteiger partial charge in [-0.3, -0.25) is 4.79 Å². The Morgan fingerprint density at radius 1 is 1.54 bits per heavy atom. The molecule has 0 heterocycles. The van der Waals surface area contributed by atoms with Crippen molar-refractivity contribution in [3.8, 4) is 0 Å². The lowest BCUT2D eigenvalue weighted by Crippen LogP contribution is -2.09. The third kappa shape index (κ3) is 2.31. The first-order chi connectivity index (χ1) is 6.16. The summed E-state index contributed by atoms with van der Waals surface area (Å²) in [5.41, 5.74) is 1.92. The smallest absolute Gasteiger partial charge is 0.310 e. The summed E-state index contributed by atoms with van der Waals surface area (Å²) in [5.74, 6) is -1.22. The van der Waals surface area contributed by atoms with Gasteiger partial charge in [-0.25, -0.2) is 0 Å². The third-order valence-electron chi connectivity index (χ3n) is 2.04. The molecule has 70 valence electrons. The Morgan fingerprint density at radius 2 is 2.15 bits per heavy atom. The number of alkyl halides is 1. The van der Waals surface area contributed by atoms with Gasteiger partial charge in [-0.1, -0.05) is 40.2 Å². The highest BCUT2D eigenvalue weighted by Crippen LogP contribution is 2.21. The van der Waals surface area contributed by atoms with Gasteiger partial charge in [0.05, 0.1) is 5.92 Å². The van der Waals surface area contributed by atoms with Gasteiger partial charge in [0.2, 0.25) is 0 Å². The molecule has 0 radical (unpaired) electrons. The van der Waals surface area contributed by atoms with Crippen LogP contribution in [0.4, 0.5) is 0 Å². The minimum atomic E-state index is -0.784. The molecular formula is C10H11BrO2. The number of benzene rings is 1. The minimum absolute atomic E-state index is 0.436. The van der Waals surface area contributed by atoms with Crippen molar-refractivity contribution in [3.63, 3.8) is 0 Å². The van der Waals surface area contributed by atoms with Gasteiger partial charge < -0.3 is 5.11 Å². The van der Waals surface area contributed by atoms with Crippen LogP contribution >= 0.6 is 15.9 Å². The quantitative estimate of drug-likeness (QED) is 0.829. The van der Waals surface area contributed by atoms with Gasteiger partial charge in [0.15, 0.2) is 0 Å². The van der Waals surface area contributed by atoms with Crippen LogP contribution < -0.4 is 0 Å². The number of aliphatic carboxylic acids is 1. The van der Waals surface area contributed by atoms with Crippen molar-refractivity contribution in [3.05, 3.63) is 35.4 Å². The van der Waals surface area contributed by atoms with Gasteiger partial charge in [-0.15, -0.1) is 0 Å². The molecule has 0 aliphatic rings. The van der Waals surface area contributed by atoms with Crippen LogP contribution in [0.3, 0.4) is 0 Å². The Kier molecular flexibility index (Phi) is 3.48. The van der Waals surface area contributed by atoms with Crippen LogP contribution in [0.2, 0.25) is 0 Å². The van der Waals surface area contributed by atoms with E-state index in [4.69, 9.17) is 5.11 Å². The van der Waals surface area contributed by atoms with Crippen molar-refractivity contribution in [2.24, 2.45) is 0 Å². The first kappa shape index (κ1) is 10.3. The Hall–Kier alpha value is -0.830. The highest BCUT2D eigenvalue weighted by molar-refractivity contribution is 9.08. The molecular weight excluding hydrogens is 232 g/mol. The number of rotatable bonds is 3. The summed E-state index contributed by atoms with van der Waals surface area (Å²) in [6.45, 7) is 1.70. The van der Waals surface area contributed by atoms with Crippen molar-refractivity contribution < 1.29 is 9.90 Å². The number of carboxylic acids is 1. The number of hydrogen-bond acceptors (Lipinski definition) is 1. The van der Waals surface area contributed by atoms with Crippen molar-refractivity contribution in [2.75, 3.05) is 0 Å². The van der Waals surface area contributed by atoms with Crippen LogP contribution in [0.1, 0.15) is 24.0 Å². The van der Waals surface area contributed by atoms with Crippen LogP contribution in [-0.4, -0.2) is 11.1 Å². The van der Waals surface area contributed by atoms with Gasteiger partial charge in [0, 0.05) is 5.33 Å². The van der Waals surface area contributed by atoms with E-state index in [2.05, 4.69) is 15.9 Å². The summed E-state index contributed by atoms with van der Waals surface area (Å²) >= 11 is 3.33. The summed E-state index contributed by atoms with van der Waals surface area (Å²) in [5, 5.41) is 9.54. The molecule has 2 nitrogen and oxygen atoms in total. The van der Waals surface area contributed by atoms with E-state index in [9.17, 15) is 4.79 Å². The minimum Gasteiger partial charge on any atom is -0.481 e. The fourth-order valence-electron chi connectivity index (χ4n) is 1.21. The zero-order valence-corrected chi connectivity index (χ0v) is 8.91. The van der Waals surface area contributed by atoms with Crippen molar-refractivity contribution >= 4 is 21.9 Å². The molecule has 0 aromatic heterocycles. The van der Waals surface area contributed by atoms with Gasteiger partial charge in [0.25, 0.3) is 0 Å². The molecule has 1 aromatic rings. The van der Waals surface area contributed by atoms with Crippen LogP contribution in [-0.2, 0) is 10.1 Å². The van der Waals surface area contributed by atoms with E-state index in [1.165, 1.54) is 0 Å². The fourth-order valence-corrected chi connectivity index (χ4v) is 1.72. The third-order valence-corrected chi connectivity index (χ3v) is 2.64. The highest BCUT2D eigenvalue weighted by Gasteiger charge is 2.15. The predicted molar refractivity (Wildman–Crippen MR) is 55.1 cm³/mol. The molecule has 0 bridgehead atoms. The van der Waals surface area contributed by atoms with Crippen molar-refractivity contribution in [1.29, 1.82) is 0 Å². The average Bonchev–Trinajstić information content (AvgIpc) is 2.16. The molecule has 0 spiro atoms. The molecule has 0 aliphatic heterocycles. The Labute approximate surface area is 85.7 Å². The van der Waals surface area contributed by atoms with Gasteiger partial charge in [0.1, 0.15) is 0 Å². The maximum atomic E-state index is 10.8. The lowest BCUT2D eigenvalue weighted by atomic mass is 9.97. The summed E-state index contributed by atoms with van der Waals surface area (Å²) in [7, 11) is 0. The molecule has 0 fully saturated rings. The summed E-state index contributed by atoms with van der Waals surface area (Å²) in [4.78, 5) is 10.8. The van der Waals surface area contributed by atoms with Gasteiger partial charge >= 0.3 is 5.97 Å². The Morgan fingerprint density at radius 3 is 2.69 bits per heavy atom. The zero-order chi connectivity index (χ0) is 9.84. The molecule has 1 rings (SSSR count). The Balaban J connectivity index is 3.05. The second-order valence-electron chi connectivity index (χ2n) is 2.89. The first-order valence-corrected chi connectivity index (χ1v) is 5.15. The van der Waals surface area contributed by atoms with Crippen LogP contribution in [0.15, 0.2) is 24.3 Å². The maximum Gasteiger partial charge on any atom is 0.310 e. The normalized spacial score (nSPS) is 12.5. The molecule has 0 unspecified atom stereocenters. The fraction of sp³-hybridized carbons (Fsp3) is 0.300. The van der Waals surface area contributed by atoms with E-state index in [1.54, 1.807) is 6.92 Å². The van der Waals surface area contributed by atoms with E-state index in [0.717, 1.165) is 11.1 Å². The monoisotopic (exact) mass is 242 g/mol. The molecule has 1 aromatic carbocycles. The molecule has 1 N–H and O–H groups in total. The van der Waals surface area contributed by atoms with E-state index in [-0.39, 0.29) is 0 Å². The molecule has 0 saturated heterocycles. The summed E-state index contributed by atoms with van der Waals surface area (Å²) < 4.78 is 0. The van der Waals surface area contributed by atoms with Crippen LogP contribution in [0.25, 0.3) is 0 Å². The molecule has 0 saturated carbocycles. The average molecular weight is 243 g/mol. The molecule has 13 heavy (non-hydrogen) atoms. The summed E-state index contributed by atoms with van der Waals surface area (Å²) in [6, 6.07) is 7.56. The predicted octanol–water partition coefficient (Wildman–Crippen LogP) is 2.77. The number of carbonyl (C=O) groups is 1. The number of halogens is 1. The van der Waals surface area contributed by atoms with Crippen molar-refractivity contribution in [1.82, 2.24) is 0 Å². The second kappa shape index (κ2) is 4.42. The zero-order valence-electron chi connectivity index (χ0n) is 7.33. The Bertz CT molecular complexity index is 310. The van der Waals surface area contributed by atoms with E-state index in [1.807, 2.05) is 24.3 Å². The standard InChI is InChI=1S/C10H11BrO2/c1-7(10(12)13)9-5-3-2-4-8(9)6-11/h2-5,7H,6H2,1H3,(H,12,13)/t7-/m0/s1. The first-order valence-electron chi connectivity index (χ1n) is 4.03. The van der Waals surface area contributed by atoms with Crippen molar-refractivity contribution in [2.45, 2.75) is 18.2 Å². The second-order valence-corrected chi connectivity index (χ2v) is 3.45. The molecule has 0 aliphatic carbocycles. The topological polar surface area (TPSA) is 37.3 Å². The van der Waals surface area contributed by atoms with Gasteiger partial charge in [-0.2, -0.15) is 0 Å². The van der Waals surface area contributed by atoms with Crippen LogP contribution in [0.5, 0.6) is 0 Å². The lowest BCUT2D eigenvalue weighted by Gasteiger charge is -2.10. The maximum absolute atomic E-state index is 10.8. The van der Waals surface area contributed by atoms with E-state index < -0.39 is 11.9 Å². The largest absolute Gasteiger partial charge is 0.481 e. The lowest BCUT2D eigenvalue weighted by molar-refractivity contribution is -0.138.